The van der Waals surface area contributed by atoms with E-state index in [2.05, 4.69) is 62.4 Å². The summed E-state index contributed by atoms with van der Waals surface area (Å²) >= 11 is 0. The Kier molecular flexibility index (Phi) is 5.46. The number of aromatic nitrogens is 3. The first kappa shape index (κ1) is 22.3. The zero-order chi connectivity index (χ0) is 24.8. The minimum absolute atomic E-state index is 0.116. The number of hydrogen-bond donors (Lipinski definition) is 0. The van der Waals surface area contributed by atoms with Gasteiger partial charge in [0.1, 0.15) is 0 Å². The molecule has 0 unspecified atom stereocenters. The zero-order valence-electron chi connectivity index (χ0n) is 20.6. The first-order valence-electron chi connectivity index (χ1n) is 12.3. The fraction of sp³-hybridized carbons (Fsp3) is 0.276. The number of rotatable bonds is 4. The molecule has 0 spiro atoms. The summed E-state index contributed by atoms with van der Waals surface area (Å²) in [6, 6.07) is 16.2. The molecule has 2 aromatic carbocycles. The van der Waals surface area contributed by atoms with Crippen molar-refractivity contribution in [3.63, 3.8) is 0 Å². The van der Waals surface area contributed by atoms with Crippen molar-refractivity contribution in [3.8, 4) is 28.3 Å². The van der Waals surface area contributed by atoms with Crippen molar-refractivity contribution in [3.05, 3.63) is 89.7 Å². The van der Waals surface area contributed by atoms with Crippen molar-refractivity contribution >= 4 is 11.6 Å². The molecule has 6 rings (SSSR count). The van der Waals surface area contributed by atoms with E-state index in [0.717, 1.165) is 65.4 Å². The maximum atomic E-state index is 13.6. The summed E-state index contributed by atoms with van der Waals surface area (Å²) in [6.07, 6.45) is 8.05. The number of fused-ring (bicyclic) bond motifs is 5. The molecule has 180 valence electrons. The van der Waals surface area contributed by atoms with Crippen LogP contribution in [0.25, 0.3) is 33.2 Å². The second-order valence-electron chi connectivity index (χ2n) is 9.92. The first-order chi connectivity index (χ1) is 17.5. The van der Waals surface area contributed by atoms with E-state index in [1.54, 1.807) is 0 Å². The van der Waals surface area contributed by atoms with Gasteiger partial charge in [0.25, 0.3) is 5.91 Å². The Labute approximate surface area is 211 Å². The van der Waals surface area contributed by atoms with Crippen molar-refractivity contribution < 1.29 is 4.79 Å². The molecule has 7 nitrogen and oxygen atoms in total. The van der Waals surface area contributed by atoms with E-state index in [1.807, 2.05) is 47.6 Å². The third-order valence-corrected chi connectivity index (χ3v) is 7.24. The second-order valence-corrected chi connectivity index (χ2v) is 9.92. The highest BCUT2D eigenvalue weighted by Crippen LogP contribution is 2.35. The molecule has 7 heteroatoms. The van der Waals surface area contributed by atoms with Crippen LogP contribution in [0.2, 0.25) is 0 Å². The van der Waals surface area contributed by atoms with Crippen LogP contribution in [0.15, 0.2) is 67.1 Å². The lowest BCUT2D eigenvalue weighted by Crippen LogP contribution is -2.41. The van der Waals surface area contributed by atoms with Crippen molar-refractivity contribution in [2.24, 2.45) is 0 Å². The zero-order valence-corrected chi connectivity index (χ0v) is 20.6. The monoisotopic (exact) mass is 476 g/mol. The predicted octanol–water partition coefficient (Wildman–Crippen LogP) is 5.09. The van der Waals surface area contributed by atoms with Gasteiger partial charge in [-0.15, -0.1) is 0 Å². The van der Waals surface area contributed by atoms with Crippen molar-refractivity contribution in [1.82, 2.24) is 23.9 Å². The van der Waals surface area contributed by atoms with Crippen molar-refractivity contribution in [2.75, 3.05) is 27.2 Å². The van der Waals surface area contributed by atoms with E-state index >= 15 is 0 Å². The number of imidazole rings is 1. The highest BCUT2D eigenvalue weighted by Gasteiger charge is 2.30. The Bertz CT molecular complexity index is 1490. The standard InChI is InChI=1S/C29H28N6O/c1-30-24-9-6-20(7-10-24)22-16-27-28-31-12-14-35(28)26-11-8-21(15-23(26)18-33(27)17-22)29(36)34-13-4-5-25(34)19-32(2)3/h6-12,14-17,25H,4-5,13,18-19H2,2-3H3/t25-/m0/s1. The Morgan fingerprint density at radius 3 is 2.75 bits per heavy atom. The molecule has 1 fully saturated rings. The minimum atomic E-state index is 0.116. The Morgan fingerprint density at radius 1 is 1.14 bits per heavy atom. The molecule has 36 heavy (non-hydrogen) atoms. The molecule has 1 saturated heterocycles. The van der Waals surface area contributed by atoms with E-state index in [9.17, 15) is 4.79 Å². The molecule has 4 heterocycles. The van der Waals surface area contributed by atoms with Crippen LogP contribution in [0.5, 0.6) is 0 Å². The molecule has 0 saturated carbocycles. The van der Waals surface area contributed by atoms with Crippen molar-refractivity contribution in [1.29, 1.82) is 0 Å². The molecule has 2 aromatic heterocycles. The third-order valence-electron chi connectivity index (χ3n) is 7.24. The van der Waals surface area contributed by atoms with Crippen LogP contribution in [0, 0.1) is 6.57 Å². The Balaban J connectivity index is 1.37. The van der Waals surface area contributed by atoms with E-state index in [0.29, 0.717) is 12.2 Å². The summed E-state index contributed by atoms with van der Waals surface area (Å²) in [5.41, 5.74) is 6.68. The summed E-state index contributed by atoms with van der Waals surface area (Å²) in [5.74, 6) is 0.994. The fourth-order valence-electron chi connectivity index (χ4n) is 5.55. The normalized spacial score (nSPS) is 16.3. The topological polar surface area (TPSA) is 50.7 Å². The van der Waals surface area contributed by atoms with Crippen LogP contribution < -0.4 is 0 Å². The Morgan fingerprint density at radius 2 is 1.97 bits per heavy atom. The molecule has 0 aliphatic carbocycles. The number of carbonyl (C=O) groups is 1. The number of likely N-dealkylation sites (tertiary alicyclic amines) is 1. The molecule has 1 amide bonds. The predicted molar refractivity (Wildman–Crippen MR) is 140 cm³/mol. The summed E-state index contributed by atoms with van der Waals surface area (Å²) in [7, 11) is 4.13. The minimum Gasteiger partial charge on any atom is -0.340 e. The van der Waals surface area contributed by atoms with E-state index < -0.39 is 0 Å². The highest BCUT2D eigenvalue weighted by molar-refractivity contribution is 5.95. The van der Waals surface area contributed by atoms with E-state index in [1.165, 1.54) is 0 Å². The molecule has 2 aliphatic rings. The third kappa shape index (κ3) is 3.80. The Hall–Kier alpha value is -4.15. The first-order valence-corrected chi connectivity index (χ1v) is 12.3. The SMILES string of the molecule is [C-]#[N+]c1ccc(-c2cc3n(c2)Cc2cc(C(=O)N4CCC[C@H]4CN(C)C)ccc2-n2ccnc2-3)cc1. The van der Waals surface area contributed by atoms with Crippen LogP contribution in [-0.2, 0) is 6.54 Å². The maximum absolute atomic E-state index is 13.6. The summed E-state index contributed by atoms with van der Waals surface area (Å²) in [5, 5.41) is 0. The molecular formula is C29H28N6O. The summed E-state index contributed by atoms with van der Waals surface area (Å²) in [6.45, 7) is 9.56. The van der Waals surface area contributed by atoms with Gasteiger partial charge in [-0.1, -0.05) is 24.3 Å². The van der Waals surface area contributed by atoms with Gasteiger partial charge in [0.05, 0.1) is 18.0 Å². The molecule has 2 aliphatic heterocycles. The lowest BCUT2D eigenvalue weighted by atomic mass is 10.1. The van der Waals surface area contributed by atoms with Gasteiger partial charge in [-0.05, 0) is 62.3 Å². The van der Waals surface area contributed by atoms with Gasteiger partial charge < -0.3 is 14.4 Å². The van der Waals surface area contributed by atoms with Gasteiger partial charge >= 0.3 is 0 Å². The average molecular weight is 477 g/mol. The second kappa shape index (κ2) is 8.81. The van der Waals surface area contributed by atoms with Crippen LogP contribution in [0.3, 0.4) is 0 Å². The number of amides is 1. The number of likely N-dealkylation sites (N-methyl/N-ethyl adjacent to an activating group) is 1. The van der Waals surface area contributed by atoms with Gasteiger partial charge in [-0.3, -0.25) is 9.36 Å². The summed E-state index contributed by atoms with van der Waals surface area (Å²) < 4.78 is 4.32. The largest absolute Gasteiger partial charge is 0.340 e. The lowest BCUT2D eigenvalue weighted by molar-refractivity contribution is 0.0716. The van der Waals surface area contributed by atoms with Crippen LogP contribution >= 0.6 is 0 Å². The molecule has 1 atom stereocenters. The van der Waals surface area contributed by atoms with Crippen LogP contribution in [0.1, 0.15) is 28.8 Å². The molecule has 0 radical (unpaired) electrons. The van der Waals surface area contributed by atoms with Crippen LogP contribution in [0.4, 0.5) is 5.69 Å². The van der Waals surface area contributed by atoms with E-state index in [4.69, 9.17) is 6.57 Å². The number of carbonyl (C=O) groups excluding carboxylic acids is 1. The average Bonchev–Trinajstić information content (AvgIpc) is 3.62. The van der Waals surface area contributed by atoms with Gasteiger partial charge in [0, 0.05) is 55.4 Å². The lowest BCUT2D eigenvalue weighted by Gasteiger charge is -2.27. The maximum Gasteiger partial charge on any atom is 0.254 e. The molecular weight excluding hydrogens is 448 g/mol. The number of benzene rings is 2. The quantitative estimate of drug-likeness (QED) is 0.340. The van der Waals surface area contributed by atoms with Gasteiger partial charge in [0.2, 0.25) is 0 Å². The van der Waals surface area contributed by atoms with Crippen LogP contribution in [-0.4, -0.2) is 63.1 Å². The van der Waals surface area contributed by atoms with Gasteiger partial charge in [-0.2, -0.15) is 0 Å². The fourth-order valence-corrected chi connectivity index (χ4v) is 5.55. The smallest absolute Gasteiger partial charge is 0.254 e. The molecule has 0 bridgehead atoms. The molecule has 4 aromatic rings. The summed E-state index contributed by atoms with van der Waals surface area (Å²) in [4.78, 5) is 25.9. The molecule has 0 N–H and O–H groups in total. The van der Waals surface area contributed by atoms with Crippen molar-refractivity contribution in [2.45, 2.75) is 25.4 Å². The van der Waals surface area contributed by atoms with E-state index in [-0.39, 0.29) is 11.9 Å². The van der Waals surface area contributed by atoms with Gasteiger partial charge in [-0.25, -0.2) is 9.83 Å². The number of nitrogens with zero attached hydrogens (tertiary/aromatic N) is 6. The van der Waals surface area contributed by atoms with Gasteiger partial charge in [0.15, 0.2) is 11.5 Å². The highest BCUT2D eigenvalue weighted by atomic mass is 16.2. The number of hydrogen-bond acceptors (Lipinski definition) is 3.